The standard InChI is InChI=1S/C14H17NO2/c1-3-11-7-14(17)15(8-11)13-5-4-10(2)6-12(13)9-16/h3-6,11,16H,1,7-9H2,2H3. The second-order valence-electron chi connectivity index (χ2n) is 4.49. The molecule has 1 aliphatic rings. The average molecular weight is 231 g/mol. The Morgan fingerprint density at radius 3 is 2.94 bits per heavy atom. The highest BCUT2D eigenvalue weighted by atomic mass is 16.3. The van der Waals surface area contributed by atoms with E-state index < -0.39 is 0 Å². The molecule has 0 bridgehead atoms. The zero-order valence-corrected chi connectivity index (χ0v) is 10.0. The zero-order valence-electron chi connectivity index (χ0n) is 10.0. The van der Waals surface area contributed by atoms with Crippen LogP contribution in [0.15, 0.2) is 30.9 Å². The van der Waals surface area contributed by atoms with Gasteiger partial charge in [-0.3, -0.25) is 4.79 Å². The molecule has 1 aliphatic heterocycles. The smallest absolute Gasteiger partial charge is 0.227 e. The first kappa shape index (κ1) is 11.9. The largest absolute Gasteiger partial charge is 0.392 e. The van der Waals surface area contributed by atoms with Gasteiger partial charge in [-0.1, -0.05) is 23.8 Å². The molecular weight excluding hydrogens is 214 g/mol. The van der Waals surface area contributed by atoms with Crippen LogP contribution in [0, 0.1) is 12.8 Å². The third kappa shape index (κ3) is 2.24. The van der Waals surface area contributed by atoms with Crippen LogP contribution in [0.3, 0.4) is 0 Å². The van der Waals surface area contributed by atoms with Gasteiger partial charge in [-0.05, 0) is 13.0 Å². The normalized spacial score (nSPS) is 19.8. The van der Waals surface area contributed by atoms with Crippen molar-refractivity contribution in [3.8, 4) is 0 Å². The minimum absolute atomic E-state index is 0.0421. The molecule has 0 radical (unpaired) electrons. The number of carbonyl (C=O) groups is 1. The van der Waals surface area contributed by atoms with Crippen molar-refractivity contribution in [3.05, 3.63) is 42.0 Å². The van der Waals surface area contributed by atoms with Gasteiger partial charge in [0, 0.05) is 30.1 Å². The van der Waals surface area contributed by atoms with Gasteiger partial charge in [0.05, 0.1) is 6.61 Å². The molecule has 1 aromatic carbocycles. The highest BCUT2D eigenvalue weighted by molar-refractivity contribution is 5.96. The SMILES string of the molecule is C=CC1CC(=O)N(c2ccc(C)cc2CO)C1. The summed E-state index contributed by atoms with van der Waals surface area (Å²) < 4.78 is 0. The van der Waals surface area contributed by atoms with Gasteiger partial charge in [0.1, 0.15) is 0 Å². The van der Waals surface area contributed by atoms with Crippen LogP contribution < -0.4 is 4.90 Å². The molecular formula is C14H17NO2. The Labute approximate surface area is 101 Å². The lowest BCUT2D eigenvalue weighted by molar-refractivity contribution is -0.117. The fourth-order valence-electron chi connectivity index (χ4n) is 2.23. The molecule has 1 unspecified atom stereocenters. The summed E-state index contributed by atoms with van der Waals surface area (Å²) in [7, 11) is 0. The number of rotatable bonds is 3. The van der Waals surface area contributed by atoms with Crippen molar-refractivity contribution in [1.82, 2.24) is 0 Å². The number of carbonyl (C=O) groups excluding carboxylic acids is 1. The Hall–Kier alpha value is -1.61. The summed E-state index contributed by atoms with van der Waals surface area (Å²) in [6.07, 6.45) is 2.34. The lowest BCUT2D eigenvalue weighted by Crippen LogP contribution is -2.25. The summed E-state index contributed by atoms with van der Waals surface area (Å²) in [5.41, 5.74) is 2.72. The molecule has 1 saturated heterocycles. The monoisotopic (exact) mass is 231 g/mol. The summed E-state index contributed by atoms with van der Waals surface area (Å²) in [4.78, 5) is 13.6. The number of nitrogens with zero attached hydrogens (tertiary/aromatic N) is 1. The first-order valence-electron chi connectivity index (χ1n) is 5.79. The molecule has 1 atom stereocenters. The van der Waals surface area contributed by atoms with Crippen molar-refractivity contribution < 1.29 is 9.90 Å². The number of hydrogen-bond donors (Lipinski definition) is 1. The lowest BCUT2D eigenvalue weighted by Gasteiger charge is -2.19. The first-order chi connectivity index (χ1) is 8.15. The van der Waals surface area contributed by atoms with Crippen molar-refractivity contribution >= 4 is 11.6 Å². The van der Waals surface area contributed by atoms with Gasteiger partial charge in [0.15, 0.2) is 0 Å². The average Bonchev–Trinajstić information content (AvgIpc) is 2.70. The number of hydrogen-bond acceptors (Lipinski definition) is 2. The van der Waals surface area contributed by atoms with E-state index >= 15 is 0 Å². The number of anilines is 1. The topological polar surface area (TPSA) is 40.5 Å². The van der Waals surface area contributed by atoms with Gasteiger partial charge in [-0.2, -0.15) is 0 Å². The molecule has 1 aromatic rings. The Bertz CT molecular complexity index is 454. The van der Waals surface area contributed by atoms with Crippen molar-refractivity contribution in [3.63, 3.8) is 0 Å². The predicted octanol–water partition coefficient (Wildman–Crippen LogP) is 2.03. The molecule has 1 amide bonds. The molecule has 3 heteroatoms. The molecule has 1 heterocycles. The number of amides is 1. The zero-order chi connectivity index (χ0) is 12.4. The van der Waals surface area contributed by atoms with E-state index in [0.717, 1.165) is 16.8 Å². The number of aryl methyl sites for hydroxylation is 1. The van der Waals surface area contributed by atoms with Gasteiger partial charge in [-0.15, -0.1) is 6.58 Å². The summed E-state index contributed by atoms with van der Waals surface area (Å²) >= 11 is 0. The number of aliphatic hydroxyl groups is 1. The van der Waals surface area contributed by atoms with Gasteiger partial charge in [-0.25, -0.2) is 0 Å². The van der Waals surface area contributed by atoms with E-state index in [9.17, 15) is 9.90 Å². The molecule has 0 spiro atoms. The van der Waals surface area contributed by atoms with E-state index in [1.807, 2.05) is 31.2 Å². The van der Waals surface area contributed by atoms with Crippen LogP contribution in [0.25, 0.3) is 0 Å². The lowest BCUT2D eigenvalue weighted by atomic mass is 10.1. The van der Waals surface area contributed by atoms with Crippen LogP contribution >= 0.6 is 0 Å². The fraction of sp³-hybridized carbons (Fsp3) is 0.357. The summed E-state index contributed by atoms with van der Waals surface area (Å²) in [5.74, 6) is 0.323. The minimum atomic E-state index is -0.0421. The highest BCUT2D eigenvalue weighted by Gasteiger charge is 2.29. The Morgan fingerprint density at radius 1 is 1.59 bits per heavy atom. The van der Waals surface area contributed by atoms with E-state index in [2.05, 4.69) is 6.58 Å². The Morgan fingerprint density at radius 2 is 2.35 bits per heavy atom. The summed E-state index contributed by atoms with van der Waals surface area (Å²) in [6, 6.07) is 5.79. The fourth-order valence-corrected chi connectivity index (χ4v) is 2.23. The third-order valence-electron chi connectivity index (χ3n) is 3.18. The van der Waals surface area contributed by atoms with Crippen molar-refractivity contribution in [2.45, 2.75) is 20.0 Å². The van der Waals surface area contributed by atoms with Gasteiger partial charge >= 0.3 is 0 Å². The maximum Gasteiger partial charge on any atom is 0.227 e. The summed E-state index contributed by atoms with van der Waals surface area (Å²) in [5, 5.41) is 9.35. The second-order valence-corrected chi connectivity index (χ2v) is 4.49. The van der Waals surface area contributed by atoms with Gasteiger partial charge in [0.25, 0.3) is 0 Å². The van der Waals surface area contributed by atoms with Crippen molar-refractivity contribution in [2.75, 3.05) is 11.4 Å². The molecule has 0 saturated carbocycles. The van der Waals surface area contributed by atoms with E-state index in [1.54, 1.807) is 4.90 Å². The van der Waals surface area contributed by atoms with Crippen LogP contribution in [0.2, 0.25) is 0 Å². The molecule has 2 rings (SSSR count). The van der Waals surface area contributed by atoms with Gasteiger partial charge in [0.2, 0.25) is 5.91 Å². The van der Waals surface area contributed by atoms with Crippen molar-refractivity contribution in [2.24, 2.45) is 5.92 Å². The highest BCUT2D eigenvalue weighted by Crippen LogP contribution is 2.29. The molecule has 1 N–H and O–H groups in total. The number of aliphatic hydroxyl groups excluding tert-OH is 1. The molecule has 0 aliphatic carbocycles. The maximum atomic E-state index is 11.9. The summed E-state index contributed by atoms with van der Waals surface area (Å²) in [6.45, 7) is 6.33. The van der Waals surface area contributed by atoms with Crippen LogP contribution in [0.1, 0.15) is 17.5 Å². The van der Waals surface area contributed by atoms with E-state index in [-0.39, 0.29) is 18.4 Å². The van der Waals surface area contributed by atoms with E-state index in [0.29, 0.717) is 13.0 Å². The van der Waals surface area contributed by atoms with E-state index in [1.165, 1.54) is 0 Å². The quantitative estimate of drug-likeness (QED) is 0.809. The van der Waals surface area contributed by atoms with Crippen molar-refractivity contribution in [1.29, 1.82) is 0 Å². The van der Waals surface area contributed by atoms with Crippen LogP contribution in [-0.2, 0) is 11.4 Å². The van der Waals surface area contributed by atoms with Crippen LogP contribution in [-0.4, -0.2) is 17.6 Å². The minimum Gasteiger partial charge on any atom is -0.392 e. The third-order valence-corrected chi connectivity index (χ3v) is 3.18. The Balaban J connectivity index is 2.34. The first-order valence-corrected chi connectivity index (χ1v) is 5.79. The molecule has 0 aromatic heterocycles. The van der Waals surface area contributed by atoms with Gasteiger partial charge < -0.3 is 10.0 Å². The van der Waals surface area contributed by atoms with Crippen LogP contribution in [0.4, 0.5) is 5.69 Å². The number of benzene rings is 1. The molecule has 1 fully saturated rings. The molecule has 90 valence electrons. The maximum absolute atomic E-state index is 11.9. The molecule has 3 nitrogen and oxygen atoms in total. The second kappa shape index (κ2) is 4.72. The van der Waals surface area contributed by atoms with E-state index in [4.69, 9.17) is 0 Å². The Kier molecular flexibility index (Phi) is 3.29. The predicted molar refractivity (Wildman–Crippen MR) is 67.8 cm³/mol. The van der Waals surface area contributed by atoms with Crippen LogP contribution in [0.5, 0.6) is 0 Å². The molecule has 17 heavy (non-hydrogen) atoms.